The number of rotatable bonds is 5. The summed E-state index contributed by atoms with van der Waals surface area (Å²) in [5.74, 6) is -2.50. The Kier molecular flexibility index (Phi) is 6.29. The van der Waals surface area contributed by atoms with Gasteiger partial charge in [-0.05, 0) is 48.7 Å². The van der Waals surface area contributed by atoms with Crippen LogP contribution >= 0.6 is 0 Å². The van der Waals surface area contributed by atoms with Crippen molar-refractivity contribution in [2.75, 3.05) is 18.4 Å². The molecule has 2 aromatic carbocycles. The van der Waals surface area contributed by atoms with Gasteiger partial charge in [0.1, 0.15) is 5.82 Å². The molecule has 1 aliphatic heterocycles. The van der Waals surface area contributed by atoms with Gasteiger partial charge < -0.3 is 5.32 Å². The zero-order valence-electron chi connectivity index (χ0n) is 17.0. The highest BCUT2D eigenvalue weighted by Gasteiger charge is 2.32. The maximum Gasteiger partial charge on any atom is 0.243 e. The normalized spacial score (nSPS) is 15.4. The lowest BCUT2D eigenvalue weighted by molar-refractivity contribution is -0.120. The van der Waals surface area contributed by atoms with Gasteiger partial charge >= 0.3 is 0 Å². The van der Waals surface area contributed by atoms with Crippen LogP contribution in [-0.4, -0.2) is 36.7 Å². The Bertz CT molecular complexity index is 1210. The first-order valence-corrected chi connectivity index (χ1v) is 11.6. The van der Waals surface area contributed by atoms with E-state index < -0.39 is 21.7 Å². The van der Waals surface area contributed by atoms with Crippen LogP contribution in [0.1, 0.15) is 12.8 Å². The van der Waals surface area contributed by atoms with E-state index in [9.17, 15) is 22.0 Å². The number of carbonyl (C=O) groups is 1. The maximum absolute atomic E-state index is 13.5. The number of anilines is 1. The second-order valence-corrected chi connectivity index (χ2v) is 9.48. The van der Waals surface area contributed by atoms with Crippen LogP contribution in [0, 0.1) is 17.6 Å². The topological polar surface area (TPSA) is 79.4 Å². The summed E-state index contributed by atoms with van der Waals surface area (Å²) in [6, 6.07) is 15.8. The number of nitrogens with zero attached hydrogens (tertiary/aromatic N) is 2. The summed E-state index contributed by atoms with van der Waals surface area (Å²) < 4.78 is 53.2. The summed E-state index contributed by atoms with van der Waals surface area (Å²) in [7, 11) is -3.96. The molecular weight excluding hydrogens is 436 g/mol. The fraction of sp³-hybridized carbons (Fsp3) is 0.217. The van der Waals surface area contributed by atoms with Gasteiger partial charge in [-0.2, -0.15) is 4.31 Å². The summed E-state index contributed by atoms with van der Waals surface area (Å²) in [6.45, 7) is 0.222. The number of benzene rings is 2. The van der Waals surface area contributed by atoms with Gasteiger partial charge in [0.25, 0.3) is 0 Å². The number of hydrogen-bond acceptors (Lipinski definition) is 4. The van der Waals surface area contributed by atoms with Crippen molar-refractivity contribution in [3.63, 3.8) is 0 Å². The average Bonchev–Trinajstić information content (AvgIpc) is 2.82. The van der Waals surface area contributed by atoms with Crippen molar-refractivity contribution >= 4 is 21.7 Å². The van der Waals surface area contributed by atoms with Crippen LogP contribution in [-0.2, 0) is 14.8 Å². The molecular formula is C23H21F2N3O3S. The van der Waals surface area contributed by atoms with Gasteiger partial charge in [0.2, 0.25) is 15.9 Å². The third-order valence-electron chi connectivity index (χ3n) is 5.48. The lowest BCUT2D eigenvalue weighted by Crippen LogP contribution is -2.41. The van der Waals surface area contributed by atoms with Gasteiger partial charge in [0, 0.05) is 30.8 Å². The van der Waals surface area contributed by atoms with Gasteiger partial charge in [-0.1, -0.05) is 30.3 Å². The summed E-state index contributed by atoms with van der Waals surface area (Å²) in [5.41, 5.74) is 1.95. The Morgan fingerprint density at radius 1 is 0.938 bits per heavy atom. The van der Waals surface area contributed by atoms with Crippen LogP contribution in [0.2, 0.25) is 0 Å². The molecule has 0 atom stereocenters. The van der Waals surface area contributed by atoms with E-state index in [-0.39, 0.29) is 29.8 Å². The number of sulfonamides is 1. The van der Waals surface area contributed by atoms with Crippen molar-refractivity contribution in [2.24, 2.45) is 5.92 Å². The first-order valence-electron chi connectivity index (χ1n) is 10.1. The van der Waals surface area contributed by atoms with E-state index in [2.05, 4.69) is 10.3 Å². The largest absolute Gasteiger partial charge is 0.310 e. The van der Waals surface area contributed by atoms with Crippen molar-refractivity contribution in [2.45, 2.75) is 17.7 Å². The quantitative estimate of drug-likeness (QED) is 0.627. The summed E-state index contributed by atoms with van der Waals surface area (Å²) in [5, 5.41) is 2.78. The molecule has 1 amide bonds. The van der Waals surface area contributed by atoms with Crippen LogP contribution in [0.5, 0.6) is 0 Å². The van der Waals surface area contributed by atoms with E-state index in [4.69, 9.17) is 0 Å². The van der Waals surface area contributed by atoms with Crippen LogP contribution in [0.3, 0.4) is 0 Å². The minimum Gasteiger partial charge on any atom is -0.310 e. The van der Waals surface area contributed by atoms with E-state index in [1.165, 1.54) is 4.31 Å². The number of amides is 1. The minimum absolute atomic E-state index is 0.111. The molecule has 0 spiro atoms. The molecule has 1 aromatic heterocycles. The predicted molar refractivity (Wildman–Crippen MR) is 116 cm³/mol. The van der Waals surface area contributed by atoms with Crippen molar-refractivity contribution in [3.8, 4) is 11.1 Å². The zero-order valence-corrected chi connectivity index (χ0v) is 17.9. The Labute approximate surface area is 185 Å². The van der Waals surface area contributed by atoms with E-state index >= 15 is 0 Å². The van der Waals surface area contributed by atoms with Crippen LogP contribution < -0.4 is 5.32 Å². The maximum atomic E-state index is 13.5. The molecule has 3 aromatic rings. The Hall–Kier alpha value is -3.17. The van der Waals surface area contributed by atoms with Gasteiger partial charge in [-0.3, -0.25) is 4.79 Å². The lowest BCUT2D eigenvalue weighted by atomic mass is 9.97. The Morgan fingerprint density at radius 2 is 1.66 bits per heavy atom. The standard InChI is InChI=1S/C23H21F2N3O3S/c24-20-8-7-19(14-21(20)25)32(30,31)28-12-10-17(11-13-28)23(29)27-22-9-6-18(15-26-22)16-4-2-1-3-5-16/h1-9,14-15,17H,10-13H2,(H,26,27,29). The van der Waals surface area contributed by atoms with Crippen molar-refractivity contribution in [3.05, 3.63) is 78.5 Å². The smallest absolute Gasteiger partial charge is 0.243 e. The molecule has 1 saturated heterocycles. The average molecular weight is 458 g/mol. The molecule has 0 unspecified atom stereocenters. The predicted octanol–water partition coefficient (Wildman–Crippen LogP) is 4.07. The summed E-state index contributed by atoms with van der Waals surface area (Å²) >= 11 is 0. The molecule has 32 heavy (non-hydrogen) atoms. The number of piperidine rings is 1. The second kappa shape index (κ2) is 9.13. The van der Waals surface area contributed by atoms with Gasteiger partial charge in [0.05, 0.1) is 4.90 Å². The first kappa shape index (κ1) is 22.0. The van der Waals surface area contributed by atoms with Crippen molar-refractivity contribution in [1.29, 1.82) is 0 Å². The Morgan fingerprint density at radius 3 is 2.28 bits per heavy atom. The number of hydrogen-bond donors (Lipinski definition) is 1. The van der Waals surface area contributed by atoms with Crippen molar-refractivity contribution < 1.29 is 22.0 Å². The van der Waals surface area contributed by atoms with E-state index in [0.29, 0.717) is 24.7 Å². The zero-order chi connectivity index (χ0) is 22.7. The molecule has 0 bridgehead atoms. The molecule has 4 rings (SSSR count). The van der Waals surface area contributed by atoms with Gasteiger partial charge in [-0.25, -0.2) is 22.2 Å². The minimum atomic E-state index is -3.96. The highest BCUT2D eigenvalue weighted by atomic mass is 32.2. The number of carbonyl (C=O) groups excluding carboxylic acids is 1. The van der Waals surface area contributed by atoms with E-state index in [1.54, 1.807) is 12.3 Å². The summed E-state index contributed by atoms with van der Waals surface area (Å²) in [4.78, 5) is 16.6. The number of nitrogens with one attached hydrogen (secondary N) is 1. The molecule has 2 heterocycles. The van der Waals surface area contributed by atoms with Gasteiger partial charge in [-0.15, -0.1) is 0 Å². The van der Waals surface area contributed by atoms with Crippen molar-refractivity contribution in [1.82, 2.24) is 9.29 Å². The van der Waals surface area contributed by atoms with Crippen LogP contribution in [0.15, 0.2) is 71.8 Å². The highest BCUT2D eigenvalue weighted by Crippen LogP contribution is 2.26. The van der Waals surface area contributed by atoms with Crippen LogP contribution in [0.25, 0.3) is 11.1 Å². The number of pyridine rings is 1. The number of aromatic nitrogens is 1. The second-order valence-electron chi connectivity index (χ2n) is 7.54. The Balaban J connectivity index is 1.36. The third kappa shape index (κ3) is 4.68. The molecule has 166 valence electrons. The molecule has 9 heteroatoms. The van der Waals surface area contributed by atoms with E-state index in [0.717, 1.165) is 23.3 Å². The molecule has 1 fully saturated rings. The number of halogens is 2. The lowest BCUT2D eigenvalue weighted by Gasteiger charge is -2.30. The SMILES string of the molecule is O=C(Nc1ccc(-c2ccccc2)cn1)C1CCN(S(=O)(=O)c2ccc(F)c(F)c2)CC1. The first-order chi connectivity index (χ1) is 15.3. The summed E-state index contributed by atoms with van der Waals surface area (Å²) in [6.07, 6.45) is 2.32. The van der Waals surface area contributed by atoms with Crippen LogP contribution in [0.4, 0.5) is 14.6 Å². The molecule has 0 aliphatic carbocycles. The molecule has 1 N–H and O–H groups in total. The fourth-order valence-corrected chi connectivity index (χ4v) is 5.12. The van der Waals surface area contributed by atoms with Gasteiger partial charge in [0.15, 0.2) is 11.6 Å². The van der Waals surface area contributed by atoms with E-state index in [1.807, 2.05) is 36.4 Å². The molecule has 6 nitrogen and oxygen atoms in total. The highest BCUT2D eigenvalue weighted by molar-refractivity contribution is 7.89. The fourth-order valence-electron chi connectivity index (χ4n) is 3.64. The monoisotopic (exact) mass is 457 g/mol. The molecule has 0 saturated carbocycles. The molecule has 1 aliphatic rings. The molecule has 0 radical (unpaired) electrons. The third-order valence-corrected chi connectivity index (χ3v) is 7.37.